The van der Waals surface area contributed by atoms with E-state index in [9.17, 15) is 13.2 Å². The van der Waals surface area contributed by atoms with Gasteiger partial charge >= 0.3 is 6.18 Å². The molecule has 1 aromatic heterocycles. The first-order chi connectivity index (χ1) is 9.88. The molecule has 0 aliphatic rings. The maximum Gasteiger partial charge on any atom is 0.356 e. The number of aryl methyl sites for hydroxylation is 3. The Labute approximate surface area is 123 Å². The third-order valence-corrected chi connectivity index (χ3v) is 3.59. The van der Waals surface area contributed by atoms with Gasteiger partial charge in [0.1, 0.15) is 12.4 Å². The summed E-state index contributed by atoms with van der Waals surface area (Å²) in [4.78, 5) is 0. The van der Waals surface area contributed by atoms with E-state index in [1.807, 2.05) is 30.3 Å². The summed E-state index contributed by atoms with van der Waals surface area (Å²) in [7, 11) is 4.80. The average molecular weight is 294 g/mol. The quantitative estimate of drug-likeness (QED) is 0.590. The molecular weight excluding hydrogens is 276 g/mol. The second-order valence-electron chi connectivity index (χ2n) is 5.22. The van der Waals surface area contributed by atoms with E-state index >= 15 is 0 Å². The summed E-state index contributed by atoms with van der Waals surface area (Å²) in [6.07, 6.45) is -0.271. The van der Waals surface area contributed by atoms with Crippen LogP contribution in [0.25, 0.3) is 0 Å². The zero-order valence-corrected chi connectivity index (χ0v) is 12.1. The van der Waals surface area contributed by atoms with Crippen molar-refractivity contribution in [2.75, 3.05) is 0 Å². The van der Waals surface area contributed by atoms with Crippen molar-refractivity contribution in [3.8, 4) is 0 Å². The van der Waals surface area contributed by atoms with Crippen molar-refractivity contribution in [1.82, 2.24) is 4.57 Å². The minimum Gasteiger partial charge on any atom is -0.280 e. The molecule has 112 valence electrons. The third-order valence-electron chi connectivity index (χ3n) is 3.59. The van der Waals surface area contributed by atoms with E-state index in [-0.39, 0.29) is 6.42 Å². The highest BCUT2D eigenvalue weighted by atomic mass is 19.4. The van der Waals surface area contributed by atoms with Gasteiger partial charge in [-0.3, -0.25) is 9.13 Å². The molecule has 0 aliphatic heterocycles. The Kier molecular flexibility index (Phi) is 4.75. The molecule has 0 spiro atoms. The average Bonchev–Trinajstić information content (AvgIpc) is 2.74. The van der Waals surface area contributed by atoms with Crippen LogP contribution in [-0.4, -0.2) is 18.0 Å². The van der Waals surface area contributed by atoms with Crippen molar-refractivity contribution >= 4 is 13.0 Å². The normalized spacial score (nSPS) is 13.4. The van der Waals surface area contributed by atoms with Crippen LogP contribution in [0, 0.1) is 0 Å². The lowest BCUT2D eigenvalue weighted by molar-refractivity contribution is -0.653. The van der Waals surface area contributed by atoms with Crippen LogP contribution >= 0.6 is 0 Å². The molecule has 1 atom stereocenters. The predicted octanol–water partition coefficient (Wildman–Crippen LogP) is 2.16. The van der Waals surface area contributed by atoms with Gasteiger partial charge in [-0.1, -0.05) is 36.8 Å². The summed E-state index contributed by atoms with van der Waals surface area (Å²) in [6, 6.07) is 9.27. The monoisotopic (exact) mass is 294 g/mol. The fourth-order valence-electron chi connectivity index (χ4n) is 2.32. The fraction of sp³-hybridized carbons (Fsp3) is 0.400. The van der Waals surface area contributed by atoms with Crippen molar-refractivity contribution < 1.29 is 17.7 Å². The predicted molar refractivity (Wildman–Crippen MR) is 76.5 cm³/mol. The topological polar surface area (TPSA) is 8.81 Å². The molecule has 0 saturated heterocycles. The van der Waals surface area contributed by atoms with Crippen molar-refractivity contribution in [2.45, 2.75) is 24.8 Å². The summed E-state index contributed by atoms with van der Waals surface area (Å²) in [6.45, 7) is 0. The molecule has 6 heteroatoms. The van der Waals surface area contributed by atoms with Crippen LogP contribution in [0.4, 0.5) is 13.2 Å². The van der Waals surface area contributed by atoms with Crippen molar-refractivity contribution in [1.29, 1.82) is 0 Å². The minimum atomic E-state index is -4.23. The lowest BCUT2D eigenvalue weighted by Crippen LogP contribution is -2.52. The molecule has 2 radical (unpaired) electrons. The van der Waals surface area contributed by atoms with E-state index < -0.39 is 12.0 Å². The van der Waals surface area contributed by atoms with Gasteiger partial charge in [-0.25, -0.2) is 0 Å². The van der Waals surface area contributed by atoms with Gasteiger partial charge in [0.2, 0.25) is 0 Å². The molecule has 1 aromatic carbocycles. The molecule has 0 N–H and O–H groups in total. The zero-order valence-electron chi connectivity index (χ0n) is 12.1. The van der Waals surface area contributed by atoms with E-state index in [2.05, 4.69) is 0 Å². The maximum atomic E-state index is 13.2. The molecule has 0 bridgehead atoms. The van der Waals surface area contributed by atoms with Gasteiger partial charge in [0.15, 0.2) is 0 Å². The first kappa shape index (κ1) is 15.7. The van der Waals surface area contributed by atoms with Crippen LogP contribution in [0.2, 0.25) is 5.82 Å². The van der Waals surface area contributed by atoms with E-state index in [1.165, 1.54) is 7.28 Å². The molecule has 1 heterocycles. The van der Waals surface area contributed by atoms with Crippen LogP contribution in [-0.2, 0) is 20.5 Å². The Morgan fingerprint density at radius 1 is 1.24 bits per heavy atom. The Balaban J connectivity index is 2.09. The second kappa shape index (κ2) is 6.37. The highest BCUT2D eigenvalue weighted by Crippen LogP contribution is 2.34. The smallest absolute Gasteiger partial charge is 0.280 e. The van der Waals surface area contributed by atoms with Gasteiger partial charge in [-0.15, -0.1) is 5.82 Å². The summed E-state index contributed by atoms with van der Waals surface area (Å²) in [5.41, 5.74) is 1.49. The number of benzene rings is 1. The minimum absolute atomic E-state index is 0.0543. The number of aromatic nitrogens is 2. The number of rotatable bonds is 5. The summed E-state index contributed by atoms with van der Waals surface area (Å²) in [5, 5.41) is 0. The van der Waals surface area contributed by atoms with Gasteiger partial charge in [0.25, 0.3) is 0 Å². The van der Waals surface area contributed by atoms with Gasteiger partial charge in [0, 0.05) is 5.72 Å². The fourth-order valence-corrected chi connectivity index (χ4v) is 2.32. The second-order valence-corrected chi connectivity index (χ2v) is 5.22. The molecule has 0 amide bonds. The number of nitrogens with zero attached hydrogens (tertiary/aromatic N) is 2. The molecule has 2 nitrogen and oxygen atoms in total. The standard InChI is InChI=1S/C15H18BF3N2/c1-20-10-11-21(2)14(20)16-13(15(17,18)19)9-8-12-6-4-3-5-7-12/h3-7,10-11,13H,8-9H2,1-2H3/t13-/m1/s1. The van der Waals surface area contributed by atoms with Crippen LogP contribution in [0.5, 0.6) is 0 Å². The lowest BCUT2D eigenvalue weighted by atomic mass is 9.61. The number of halogens is 3. The first-order valence-electron chi connectivity index (χ1n) is 6.84. The molecule has 0 saturated carbocycles. The van der Waals surface area contributed by atoms with Crippen molar-refractivity contribution in [2.24, 2.45) is 14.1 Å². The van der Waals surface area contributed by atoms with Gasteiger partial charge in [-0.2, -0.15) is 20.5 Å². The van der Waals surface area contributed by atoms with Crippen LogP contribution in [0.3, 0.4) is 0 Å². The molecule has 0 unspecified atom stereocenters. The summed E-state index contributed by atoms with van der Waals surface area (Å²) < 4.78 is 43.1. The largest absolute Gasteiger partial charge is 0.356 e. The molecular formula is C15H18BF3N2. The third kappa shape index (κ3) is 4.13. The number of hydrogen-bond acceptors (Lipinski definition) is 0. The Morgan fingerprint density at radius 2 is 1.90 bits per heavy atom. The highest BCUT2D eigenvalue weighted by molar-refractivity contribution is 6.52. The Morgan fingerprint density at radius 3 is 2.43 bits per heavy atom. The summed E-state index contributed by atoms with van der Waals surface area (Å²) in [5.74, 6) is -1.45. The number of alkyl halides is 3. The van der Waals surface area contributed by atoms with E-state index in [4.69, 9.17) is 0 Å². The van der Waals surface area contributed by atoms with Gasteiger partial charge in [-0.05, 0) is 12.0 Å². The molecule has 0 aliphatic carbocycles. The van der Waals surface area contributed by atoms with Gasteiger partial charge < -0.3 is 0 Å². The van der Waals surface area contributed by atoms with E-state index in [0.717, 1.165) is 5.56 Å². The van der Waals surface area contributed by atoms with E-state index in [1.54, 1.807) is 35.6 Å². The van der Waals surface area contributed by atoms with Crippen LogP contribution in [0.15, 0.2) is 42.7 Å². The molecule has 0 fully saturated rings. The Bertz CT molecular complexity index is 559. The maximum absolute atomic E-state index is 13.2. The molecule has 21 heavy (non-hydrogen) atoms. The first-order valence-corrected chi connectivity index (χ1v) is 6.84. The number of imidazole rings is 1. The van der Waals surface area contributed by atoms with Crippen LogP contribution in [0.1, 0.15) is 12.0 Å². The number of hydrogen-bond donors (Lipinski definition) is 0. The molecule has 2 aromatic rings. The van der Waals surface area contributed by atoms with Crippen molar-refractivity contribution in [3.63, 3.8) is 0 Å². The summed E-state index contributed by atoms with van der Waals surface area (Å²) >= 11 is 0. The zero-order chi connectivity index (χ0) is 15.5. The molecule has 2 rings (SSSR count). The van der Waals surface area contributed by atoms with E-state index in [0.29, 0.717) is 12.1 Å². The SMILES string of the molecule is Cn1cc[n+](C)c1[B-][C@H](CCc1ccccc1)C(F)(F)F. The lowest BCUT2D eigenvalue weighted by Gasteiger charge is -2.29. The van der Waals surface area contributed by atoms with Gasteiger partial charge in [0.05, 0.1) is 14.1 Å². The van der Waals surface area contributed by atoms with Crippen LogP contribution < -0.4 is 10.3 Å². The Hall–Kier alpha value is -1.72. The van der Waals surface area contributed by atoms with Crippen molar-refractivity contribution in [3.05, 3.63) is 48.3 Å². The highest BCUT2D eigenvalue weighted by Gasteiger charge is 2.32.